The fourth-order valence-corrected chi connectivity index (χ4v) is 0.500. The summed E-state index contributed by atoms with van der Waals surface area (Å²) in [6.07, 6.45) is 0. The number of hydrogen-bond acceptors (Lipinski definition) is 2. The van der Waals surface area contributed by atoms with Crippen molar-refractivity contribution < 1.29 is 15.6 Å². The molecule has 0 aliphatic rings. The van der Waals surface area contributed by atoms with E-state index in [0.29, 0.717) is 0 Å². The first-order valence-corrected chi connectivity index (χ1v) is 2.67. The van der Waals surface area contributed by atoms with E-state index in [1.165, 1.54) is 0 Å². The molecule has 1 heterocycles. The number of tetrazole rings is 1. The molecule has 0 aliphatic heterocycles. The second-order valence-corrected chi connectivity index (χ2v) is 1.98. The van der Waals surface area contributed by atoms with Crippen molar-refractivity contribution in [3.8, 4) is 0 Å². The first kappa shape index (κ1) is 5.72. The van der Waals surface area contributed by atoms with Gasteiger partial charge in [0.2, 0.25) is 0 Å². The topological polar surface area (TPSA) is 35.6 Å². The van der Waals surface area contributed by atoms with Gasteiger partial charge in [-0.2, -0.15) is 0 Å². The van der Waals surface area contributed by atoms with Crippen LogP contribution in [0.2, 0.25) is 0 Å². The molecule has 1 aromatic rings. The molecular weight excluding hydrogens is 148 g/mol. The van der Waals surface area contributed by atoms with Crippen molar-refractivity contribution in [3.63, 3.8) is 0 Å². The van der Waals surface area contributed by atoms with E-state index in [1.807, 2.05) is 0 Å². The molecule has 0 aliphatic carbocycles. The van der Waals surface area contributed by atoms with Crippen LogP contribution in [0.1, 0.15) is 0 Å². The number of aryl methyl sites for hydroxylation is 2. The van der Waals surface area contributed by atoms with Gasteiger partial charge in [-0.25, -0.2) is 0 Å². The number of hydrogen-bond donors (Lipinski definition) is 0. The summed E-state index contributed by atoms with van der Waals surface area (Å²) in [5.74, 6) is 0. The SMILES string of the molecule is Cn1nnn(C)[c]1=[Fe]. The van der Waals surface area contributed by atoms with Crippen molar-refractivity contribution in [2.75, 3.05) is 0 Å². The summed E-state index contributed by atoms with van der Waals surface area (Å²) in [5, 5.41) is 7.37. The maximum atomic E-state index is 3.68. The summed E-state index contributed by atoms with van der Waals surface area (Å²) < 4.78 is 4.02. The molecule has 0 spiro atoms. The van der Waals surface area contributed by atoms with Crippen molar-refractivity contribution in [2.24, 2.45) is 14.1 Å². The molecule has 1 rings (SSSR count). The Morgan fingerprint density at radius 3 is 1.75 bits per heavy atom. The average Bonchev–Trinajstić information content (AvgIpc) is 1.98. The van der Waals surface area contributed by atoms with Gasteiger partial charge in [-0.05, 0) is 0 Å². The van der Waals surface area contributed by atoms with E-state index >= 15 is 0 Å². The molecule has 0 saturated carbocycles. The van der Waals surface area contributed by atoms with Crippen LogP contribution >= 0.6 is 0 Å². The fraction of sp³-hybridized carbons (Fsp3) is 0.667. The molecule has 0 saturated heterocycles. The summed E-state index contributed by atoms with van der Waals surface area (Å²) in [5.41, 5.74) is 0. The van der Waals surface area contributed by atoms with Crippen LogP contribution in [-0.2, 0) is 29.7 Å². The van der Waals surface area contributed by atoms with E-state index in [2.05, 4.69) is 26.0 Å². The van der Waals surface area contributed by atoms with Crippen molar-refractivity contribution in [1.82, 2.24) is 19.8 Å². The third kappa shape index (κ3) is 0.743. The molecule has 5 heteroatoms. The minimum absolute atomic E-state index is 0.796. The van der Waals surface area contributed by atoms with E-state index in [0.717, 1.165) is 4.32 Å². The van der Waals surface area contributed by atoms with Crippen molar-refractivity contribution in [3.05, 3.63) is 4.32 Å². The molecule has 4 nitrogen and oxygen atoms in total. The van der Waals surface area contributed by atoms with E-state index in [4.69, 9.17) is 0 Å². The summed E-state index contributed by atoms with van der Waals surface area (Å²) in [6.45, 7) is 0. The van der Waals surface area contributed by atoms with E-state index in [1.54, 1.807) is 23.5 Å². The summed E-state index contributed by atoms with van der Waals surface area (Å²) in [7, 11) is 3.60. The molecule has 0 atom stereocenters. The molecule has 0 bridgehead atoms. The molecule has 0 radical (unpaired) electrons. The quantitative estimate of drug-likeness (QED) is 0.460. The molecular formula is C3H6FeN4. The van der Waals surface area contributed by atoms with Crippen LogP contribution in [0.5, 0.6) is 0 Å². The number of nitrogens with zero attached hydrogens (tertiary/aromatic N) is 4. The standard InChI is InChI=1S/C3H6N4.Fe/c1-6-3-7(2)5-4-6;/h1-2H3;. The molecule has 8 heavy (non-hydrogen) atoms. The second-order valence-electron chi connectivity index (χ2n) is 1.48. The van der Waals surface area contributed by atoms with Crippen molar-refractivity contribution >= 4 is 0 Å². The Labute approximate surface area is 54.5 Å². The van der Waals surface area contributed by atoms with Gasteiger partial charge in [-0.1, -0.05) is 0 Å². The van der Waals surface area contributed by atoms with Crippen LogP contribution < -0.4 is 0 Å². The van der Waals surface area contributed by atoms with Crippen LogP contribution in [0.25, 0.3) is 0 Å². The van der Waals surface area contributed by atoms with Crippen molar-refractivity contribution in [2.45, 2.75) is 0 Å². The molecule has 0 unspecified atom stereocenters. The van der Waals surface area contributed by atoms with Crippen LogP contribution in [0.4, 0.5) is 0 Å². The van der Waals surface area contributed by atoms with Gasteiger partial charge in [0.25, 0.3) is 0 Å². The maximum absolute atomic E-state index is 3.68. The van der Waals surface area contributed by atoms with E-state index in [-0.39, 0.29) is 0 Å². The van der Waals surface area contributed by atoms with Gasteiger partial charge in [0, 0.05) is 0 Å². The van der Waals surface area contributed by atoms with Crippen LogP contribution in [0, 0.1) is 4.32 Å². The zero-order valence-electron chi connectivity index (χ0n) is 4.64. The number of rotatable bonds is 0. The average molecular weight is 154 g/mol. The summed E-state index contributed by atoms with van der Waals surface area (Å²) >= 11 is 3.68. The molecule has 0 aromatic carbocycles. The van der Waals surface area contributed by atoms with Gasteiger partial charge in [0.05, 0.1) is 0 Å². The molecule has 46 valence electrons. The summed E-state index contributed by atoms with van der Waals surface area (Å²) in [4.78, 5) is 0. The predicted octanol–water partition coefficient (Wildman–Crippen LogP) is -0.768. The zero-order valence-corrected chi connectivity index (χ0v) is 5.75. The van der Waals surface area contributed by atoms with Crippen molar-refractivity contribution in [1.29, 1.82) is 0 Å². The van der Waals surface area contributed by atoms with Gasteiger partial charge < -0.3 is 0 Å². The molecule has 0 fully saturated rings. The second kappa shape index (κ2) is 1.84. The third-order valence-electron chi connectivity index (χ3n) is 0.827. The Balaban J connectivity index is 3.42. The van der Waals surface area contributed by atoms with Gasteiger partial charge in [0.1, 0.15) is 0 Å². The Hall–Kier alpha value is -0.411. The van der Waals surface area contributed by atoms with Crippen LogP contribution in [-0.4, -0.2) is 19.8 Å². The van der Waals surface area contributed by atoms with Gasteiger partial charge in [-0.15, -0.1) is 0 Å². The molecule has 0 N–H and O–H groups in total. The Morgan fingerprint density at radius 2 is 1.62 bits per heavy atom. The summed E-state index contributed by atoms with van der Waals surface area (Å²) in [6, 6.07) is 0. The monoisotopic (exact) mass is 154 g/mol. The Bertz CT molecular complexity index is 211. The fourth-order valence-electron chi connectivity index (χ4n) is 0.401. The zero-order chi connectivity index (χ0) is 6.15. The normalized spacial score (nSPS) is 9.88. The first-order valence-electron chi connectivity index (χ1n) is 2.12. The van der Waals surface area contributed by atoms with E-state index in [9.17, 15) is 0 Å². The Morgan fingerprint density at radius 1 is 1.25 bits per heavy atom. The minimum atomic E-state index is 0.796. The van der Waals surface area contributed by atoms with E-state index < -0.39 is 0 Å². The Kier molecular flexibility index (Phi) is 1.31. The van der Waals surface area contributed by atoms with Crippen LogP contribution in [0.3, 0.4) is 0 Å². The predicted molar refractivity (Wildman–Crippen MR) is 23.2 cm³/mol. The molecule has 1 aromatic heterocycles. The third-order valence-corrected chi connectivity index (χ3v) is 1.54. The first-order chi connectivity index (χ1) is 3.72. The van der Waals surface area contributed by atoms with Gasteiger partial charge in [0.15, 0.2) is 0 Å². The number of aromatic nitrogens is 4. The van der Waals surface area contributed by atoms with Gasteiger partial charge >= 0.3 is 53.8 Å². The van der Waals surface area contributed by atoms with Gasteiger partial charge in [-0.3, -0.25) is 0 Å². The van der Waals surface area contributed by atoms with Crippen LogP contribution in [0.15, 0.2) is 0 Å². The molecule has 0 amide bonds.